The van der Waals surface area contributed by atoms with Crippen molar-refractivity contribution in [1.82, 2.24) is 0 Å². The van der Waals surface area contributed by atoms with Gasteiger partial charge in [0.1, 0.15) is 0 Å². The highest BCUT2D eigenvalue weighted by Gasteiger charge is 2.08. The van der Waals surface area contributed by atoms with Gasteiger partial charge in [0.15, 0.2) is 11.6 Å². The molecule has 0 radical (unpaired) electrons. The molecule has 94 valence electrons. The van der Waals surface area contributed by atoms with E-state index in [0.29, 0.717) is 18.7 Å². The summed E-state index contributed by atoms with van der Waals surface area (Å²) in [5.74, 6) is -0.0883. The second-order valence-corrected chi connectivity index (χ2v) is 4.22. The molecule has 0 saturated heterocycles. The Morgan fingerprint density at radius 1 is 1.47 bits per heavy atom. The van der Waals surface area contributed by atoms with E-state index < -0.39 is 5.82 Å². The van der Waals surface area contributed by atoms with Gasteiger partial charge < -0.3 is 10.1 Å². The summed E-state index contributed by atoms with van der Waals surface area (Å²) in [6, 6.07) is 4.42. The number of hydrogen-bond donors (Lipinski definition) is 1. The maximum Gasteiger partial charge on any atom is 0.224 e. The summed E-state index contributed by atoms with van der Waals surface area (Å²) in [5.41, 5.74) is 0.455. The minimum Gasteiger partial charge on any atom is -0.491 e. The van der Waals surface area contributed by atoms with Crippen LogP contribution in [-0.4, -0.2) is 12.5 Å². The van der Waals surface area contributed by atoms with Crippen LogP contribution in [0, 0.1) is 11.7 Å². The maximum atomic E-state index is 13.5. The minimum absolute atomic E-state index is 0.108. The van der Waals surface area contributed by atoms with E-state index in [2.05, 4.69) is 5.32 Å². The number of halogens is 1. The van der Waals surface area contributed by atoms with E-state index >= 15 is 0 Å². The van der Waals surface area contributed by atoms with E-state index in [1.807, 2.05) is 13.8 Å². The van der Waals surface area contributed by atoms with Crippen molar-refractivity contribution in [2.75, 3.05) is 11.9 Å². The second kappa shape index (κ2) is 6.23. The smallest absolute Gasteiger partial charge is 0.224 e. The molecule has 0 atom stereocenters. The van der Waals surface area contributed by atoms with Gasteiger partial charge >= 0.3 is 0 Å². The highest BCUT2D eigenvalue weighted by atomic mass is 19.1. The lowest BCUT2D eigenvalue weighted by atomic mass is 10.1. The summed E-state index contributed by atoms with van der Waals surface area (Å²) < 4.78 is 18.5. The zero-order chi connectivity index (χ0) is 12.8. The quantitative estimate of drug-likeness (QED) is 0.856. The number of ether oxygens (including phenoxy) is 1. The fraction of sp³-hybridized carbons (Fsp3) is 0.462. The molecular weight excluding hydrogens is 221 g/mol. The standard InChI is InChI=1S/C13H18FNO2/c1-4-17-12-6-5-10(8-11(12)14)15-13(16)7-9(2)3/h5-6,8-9H,4,7H2,1-3H3,(H,15,16). The van der Waals surface area contributed by atoms with Crippen molar-refractivity contribution < 1.29 is 13.9 Å². The van der Waals surface area contributed by atoms with Crippen LogP contribution in [0.4, 0.5) is 10.1 Å². The molecule has 0 bridgehead atoms. The van der Waals surface area contributed by atoms with Crippen molar-refractivity contribution in [3.05, 3.63) is 24.0 Å². The van der Waals surface area contributed by atoms with Gasteiger partial charge in [-0.1, -0.05) is 13.8 Å². The van der Waals surface area contributed by atoms with E-state index in [0.717, 1.165) is 0 Å². The van der Waals surface area contributed by atoms with Gasteiger partial charge in [-0.15, -0.1) is 0 Å². The van der Waals surface area contributed by atoms with Crippen LogP contribution in [0.2, 0.25) is 0 Å². The molecule has 1 N–H and O–H groups in total. The number of benzene rings is 1. The van der Waals surface area contributed by atoms with Gasteiger partial charge in [0.05, 0.1) is 6.61 Å². The van der Waals surface area contributed by atoms with Gasteiger partial charge in [-0.05, 0) is 25.0 Å². The van der Waals surface area contributed by atoms with Gasteiger partial charge in [0.25, 0.3) is 0 Å². The Hall–Kier alpha value is -1.58. The molecule has 1 aromatic rings. The van der Waals surface area contributed by atoms with Gasteiger partial charge in [0, 0.05) is 18.2 Å². The molecule has 1 aromatic carbocycles. The Bertz CT molecular complexity index is 391. The van der Waals surface area contributed by atoms with Crippen molar-refractivity contribution >= 4 is 11.6 Å². The normalized spacial score (nSPS) is 10.4. The first-order chi connectivity index (χ1) is 8.02. The van der Waals surface area contributed by atoms with Crippen LogP contribution >= 0.6 is 0 Å². The number of anilines is 1. The average molecular weight is 239 g/mol. The van der Waals surface area contributed by atoms with Crippen LogP contribution in [0.5, 0.6) is 5.75 Å². The number of carbonyl (C=O) groups is 1. The Balaban J connectivity index is 2.67. The van der Waals surface area contributed by atoms with Crippen LogP contribution in [0.1, 0.15) is 27.2 Å². The fourth-order valence-corrected chi connectivity index (χ4v) is 1.43. The van der Waals surface area contributed by atoms with Gasteiger partial charge in [-0.2, -0.15) is 0 Å². The zero-order valence-electron chi connectivity index (χ0n) is 10.4. The van der Waals surface area contributed by atoms with Crippen LogP contribution in [-0.2, 0) is 4.79 Å². The van der Waals surface area contributed by atoms with Gasteiger partial charge in [0.2, 0.25) is 5.91 Å². The molecule has 0 unspecified atom stereocenters. The Kier molecular flexibility index (Phi) is 4.94. The first-order valence-corrected chi connectivity index (χ1v) is 5.75. The topological polar surface area (TPSA) is 38.3 Å². The van der Waals surface area contributed by atoms with E-state index in [4.69, 9.17) is 4.74 Å². The summed E-state index contributed by atoms with van der Waals surface area (Å²) in [7, 11) is 0. The lowest BCUT2D eigenvalue weighted by Gasteiger charge is -2.09. The Labute approximate surface area is 101 Å². The van der Waals surface area contributed by atoms with Crippen molar-refractivity contribution in [3.8, 4) is 5.75 Å². The summed E-state index contributed by atoms with van der Waals surface area (Å²) in [6.45, 7) is 6.12. The van der Waals surface area contributed by atoms with Crippen LogP contribution in [0.3, 0.4) is 0 Å². The van der Waals surface area contributed by atoms with Crippen LogP contribution in [0.25, 0.3) is 0 Å². The average Bonchev–Trinajstić information content (AvgIpc) is 2.21. The summed E-state index contributed by atoms with van der Waals surface area (Å²) in [5, 5.41) is 2.65. The number of nitrogens with one attached hydrogen (secondary N) is 1. The highest BCUT2D eigenvalue weighted by Crippen LogP contribution is 2.21. The molecule has 3 nitrogen and oxygen atoms in total. The van der Waals surface area contributed by atoms with Crippen LogP contribution in [0.15, 0.2) is 18.2 Å². The molecule has 0 saturated carbocycles. The predicted molar refractivity (Wildman–Crippen MR) is 65.7 cm³/mol. The maximum absolute atomic E-state index is 13.5. The lowest BCUT2D eigenvalue weighted by Crippen LogP contribution is -2.14. The zero-order valence-corrected chi connectivity index (χ0v) is 10.4. The predicted octanol–water partition coefficient (Wildman–Crippen LogP) is 3.21. The molecule has 1 amide bonds. The summed E-state index contributed by atoms with van der Waals surface area (Å²) in [6.07, 6.45) is 0.425. The minimum atomic E-state index is -0.464. The number of amides is 1. The molecule has 0 aliphatic rings. The molecular formula is C13H18FNO2. The van der Waals surface area contributed by atoms with Crippen molar-refractivity contribution in [1.29, 1.82) is 0 Å². The molecule has 4 heteroatoms. The largest absolute Gasteiger partial charge is 0.491 e. The molecule has 1 rings (SSSR count). The van der Waals surface area contributed by atoms with E-state index in [1.54, 1.807) is 13.0 Å². The van der Waals surface area contributed by atoms with E-state index in [9.17, 15) is 9.18 Å². The SMILES string of the molecule is CCOc1ccc(NC(=O)CC(C)C)cc1F. The Morgan fingerprint density at radius 3 is 2.71 bits per heavy atom. The van der Waals surface area contributed by atoms with Crippen LogP contribution < -0.4 is 10.1 Å². The molecule has 17 heavy (non-hydrogen) atoms. The number of rotatable bonds is 5. The second-order valence-electron chi connectivity index (χ2n) is 4.22. The summed E-state index contributed by atoms with van der Waals surface area (Å²) >= 11 is 0. The van der Waals surface area contributed by atoms with Crippen molar-refractivity contribution in [2.45, 2.75) is 27.2 Å². The Morgan fingerprint density at radius 2 is 2.18 bits per heavy atom. The third-order valence-corrected chi connectivity index (χ3v) is 2.11. The first-order valence-electron chi connectivity index (χ1n) is 5.75. The van der Waals surface area contributed by atoms with E-state index in [1.165, 1.54) is 12.1 Å². The lowest BCUT2D eigenvalue weighted by molar-refractivity contribution is -0.116. The molecule has 0 fully saturated rings. The van der Waals surface area contributed by atoms with Gasteiger partial charge in [-0.3, -0.25) is 4.79 Å². The molecule has 0 aromatic heterocycles. The van der Waals surface area contributed by atoms with Crippen molar-refractivity contribution in [2.24, 2.45) is 5.92 Å². The van der Waals surface area contributed by atoms with Gasteiger partial charge in [-0.25, -0.2) is 4.39 Å². The van der Waals surface area contributed by atoms with Crippen molar-refractivity contribution in [3.63, 3.8) is 0 Å². The monoisotopic (exact) mass is 239 g/mol. The third-order valence-electron chi connectivity index (χ3n) is 2.11. The molecule has 0 spiro atoms. The molecule has 0 heterocycles. The van der Waals surface area contributed by atoms with E-state index in [-0.39, 0.29) is 17.6 Å². The number of hydrogen-bond acceptors (Lipinski definition) is 2. The third kappa shape index (κ3) is 4.43. The molecule has 0 aliphatic heterocycles. The fourth-order valence-electron chi connectivity index (χ4n) is 1.43. The summed E-state index contributed by atoms with van der Waals surface area (Å²) in [4.78, 5) is 11.5. The highest BCUT2D eigenvalue weighted by molar-refractivity contribution is 5.90. The molecule has 0 aliphatic carbocycles. The number of carbonyl (C=O) groups excluding carboxylic acids is 1. The first kappa shape index (κ1) is 13.5.